The zero-order chi connectivity index (χ0) is 21.6. The second kappa shape index (κ2) is 9.29. The van der Waals surface area contributed by atoms with Crippen molar-refractivity contribution in [3.05, 3.63) is 65.2 Å². The fourth-order valence-corrected chi connectivity index (χ4v) is 3.54. The summed E-state index contributed by atoms with van der Waals surface area (Å²) in [6, 6.07) is 20.4. The molecule has 3 aromatic rings. The lowest BCUT2D eigenvalue weighted by molar-refractivity contribution is 0.326. The topological polar surface area (TPSA) is 78.9 Å². The minimum atomic E-state index is -0.724. The summed E-state index contributed by atoms with van der Waals surface area (Å²) in [7, 11) is 1.63. The predicted molar refractivity (Wildman–Crippen MR) is 117 cm³/mol. The maximum absolute atomic E-state index is 10.0. The van der Waals surface area contributed by atoms with Gasteiger partial charge in [-0.1, -0.05) is 31.2 Å². The van der Waals surface area contributed by atoms with Crippen molar-refractivity contribution in [2.45, 2.75) is 38.5 Å². The van der Waals surface area contributed by atoms with Gasteiger partial charge < -0.3 is 9.47 Å². The fourth-order valence-electron chi connectivity index (χ4n) is 3.54. The molecule has 1 unspecified atom stereocenters. The average Bonchev–Trinajstić information content (AvgIpc) is 2.78. The van der Waals surface area contributed by atoms with E-state index in [9.17, 15) is 5.26 Å². The predicted octanol–water partition coefficient (Wildman–Crippen LogP) is 5.12. The molecule has 3 rings (SSSR count). The highest BCUT2D eigenvalue weighted by Gasteiger charge is 2.27. The third-order valence-corrected chi connectivity index (χ3v) is 5.25. The number of methoxy groups -OCH3 is 1. The molecular weight excluding hydrogens is 374 g/mol. The van der Waals surface area contributed by atoms with E-state index in [-0.39, 0.29) is 0 Å². The van der Waals surface area contributed by atoms with Crippen LogP contribution in [0, 0.1) is 22.7 Å². The lowest BCUT2D eigenvalue weighted by Crippen LogP contribution is -2.23. The lowest BCUT2D eigenvalue weighted by Gasteiger charge is -2.23. The van der Waals surface area contributed by atoms with E-state index in [0.717, 1.165) is 34.0 Å². The van der Waals surface area contributed by atoms with Crippen molar-refractivity contribution >= 4 is 10.9 Å². The van der Waals surface area contributed by atoms with Crippen molar-refractivity contribution in [2.75, 3.05) is 13.7 Å². The number of aryl methyl sites for hydroxylation is 1. The molecule has 0 aliphatic heterocycles. The number of rotatable bonds is 8. The second-order valence-corrected chi connectivity index (χ2v) is 7.44. The first-order chi connectivity index (χ1) is 14.5. The zero-order valence-corrected chi connectivity index (χ0v) is 17.6. The Kier molecular flexibility index (Phi) is 6.54. The molecule has 1 aromatic heterocycles. The normalized spacial score (nSPS) is 12.6. The minimum Gasteiger partial charge on any atom is -0.493 e. The van der Waals surface area contributed by atoms with Crippen LogP contribution in [0.3, 0.4) is 0 Å². The van der Waals surface area contributed by atoms with Crippen LogP contribution in [0.25, 0.3) is 10.9 Å². The van der Waals surface area contributed by atoms with Crippen LogP contribution < -0.4 is 9.47 Å². The van der Waals surface area contributed by atoms with Crippen LogP contribution in [0.2, 0.25) is 0 Å². The Morgan fingerprint density at radius 3 is 2.63 bits per heavy atom. The average molecular weight is 399 g/mol. The highest BCUT2D eigenvalue weighted by atomic mass is 16.5. The van der Waals surface area contributed by atoms with Crippen LogP contribution in [-0.4, -0.2) is 18.7 Å². The SMILES string of the molecule is CCc1cc2ccc(C(C)(C#N)Cc3cccc(OCCC#N)c3)cc2nc1OC. The molecule has 5 heteroatoms. The number of hydrogen-bond acceptors (Lipinski definition) is 5. The van der Waals surface area contributed by atoms with Gasteiger partial charge in [0.05, 0.1) is 36.6 Å². The van der Waals surface area contributed by atoms with Crippen LogP contribution in [-0.2, 0) is 18.3 Å². The van der Waals surface area contributed by atoms with Crippen molar-refractivity contribution in [3.63, 3.8) is 0 Å². The molecule has 2 aromatic carbocycles. The van der Waals surface area contributed by atoms with Gasteiger partial charge >= 0.3 is 0 Å². The molecule has 0 bridgehead atoms. The smallest absolute Gasteiger partial charge is 0.216 e. The number of benzene rings is 2. The fraction of sp³-hybridized carbons (Fsp3) is 0.320. The van der Waals surface area contributed by atoms with Gasteiger partial charge in [0.1, 0.15) is 12.4 Å². The summed E-state index contributed by atoms with van der Waals surface area (Å²) in [5.74, 6) is 1.34. The van der Waals surface area contributed by atoms with Crippen molar-refractivity contribution in [3.8, 4) is 23.8 Å². The van der Waals surface area contributed by atoms with Crippen LogP contribution in [0.5, 0.6) is 11.6 Å². The van der Waals surface area contributed by atoms with E-state index in [4.69, 9.17) is 14.7 Å². The first kappa shape index (κ1) is 21.1. The Morgan fingerprint density at radius 1 is 1.10 bits per heavy atom. The summed E-state index contributed by atoms with van der Waals surface area (Å²) >= 11 is 0. The van der Waals surface area contributed by atoms with E-state index in [0.29, 0.717) is 31.1 Å². The van der Waals surface area contributed by atoms with Gasteiger partial charge in [0.25, 0.3) is 0 Å². The maximum Gasteiger partial charge on any atom is 0.216 e. The van der Waals surface area contributed by atoms with Gasteiger partial charge in [-0.2, -0.15) is 10.5 Å². The number of nitriles is 2. The Labute approximate surface area is 177 Å². The molecule has 0 N–H and O–H groups in total. The molecule has 152 valence electrons. The summed E-state index contributed by atoms with van der Waals surface area (Å²) in [5.41, 5.74) is 3.07. The van der Waals surface area contributed by atoms with Crippen molar-refractivity contribution < 1.29 is 9.47 Å². The van der Waals surface area contributed by atoms with Crippen LogP contribution >= 0.6 is 0 Å². The molecule has 1 atom stereocenters. The Balaban J connectivity index is 1.92. The van der Waals surface area contributed by atoms with E-state index in [1.165, 1.54) is 0 Å². The number of aromatic nitrogens is 1. The standard InChI is InChI=1S/C25H25N3O2/c1-4-19-14-20-9-10-21(15-23(20)28-24(19)29-3)25(2,17-27)16-18-7-5-8-22(13-18)30-12-6-11-26/h5,7-10,13-15H,4,6,12,16H2,1-3H3. The minimum absolute atomic E-state index is 0.341. The molecule has 1 heterocycles. The molecule has 0 saturated carbocycles. The number of nitrogens with zero attached hydrogens (tertiary/aromatic N) is 3. The second-order valence-electron chi connectivity index (χ2n) is 7.44. The van der Waals surface area contributed by atoms with Gasteiger partial charge in [0, 0.05) is 10.9 Å². The van der Waals surface area contributed by atoms with Gasteiger partial charge in [-0.3, -0.25) is 0 Å². The number of ether oxygens (including phenoxy) is 2. The Bertz CT molecular complexity index is 1130. The Morgan fingerprint density at radius 2 is 1.93 bits per heavy atom. The summed E-state index contributed by atoms with van der Waals surface area (Å²) in [4.78, 5) is 4.66. The summed E-state index contributed by atoms with van der Waals surface area (Å²) in [6.45, 7) is 4.37. The molecule has 0 aliphatic rings. The highest BCUT2D eigenvalue weighted by Crippen LogP contribution is 2.32. The highest BCUT2D eigenvalue weighted by molar-refractivity contribution is 5.81. The van der Waals surface area contributed by atoms with Gasteiger partial charge in [0.2, 0.25) is 5.88 Å². The number of fused-ring (bicyclic) bond motifs is 1. The van der Waals surface area contributed by atoms with Gasteiger partial charge in [-0.25, -0.2) is 4.98 Å². The summed E-state index contributed by atoms with van der Waals surface area (Å²) in [6.07, 6.45) is 1.72. The molecule has 0 aliphatic carbocycles. The maximum atomic E-state index is 10.0. The van der Waals surface area contributed by atoms with Crippen LogP contribution in [0.15, 0.2) is 48.5 Å². The van der Waals surface area contributed by atoms with Crippen LogP contribution in [0.4, 0.5) is 0 Å². The summed E-state index contributed by atoms with van der Waals surface area (Å²) < 4.78 is 11.1. The first-order valence-corrected chi connectivity index (χ1v) is 10.0. The molecule has 5 nitrogen and oxygen atoms in total. The van der Waals surface area contributed by atoms with Crippen molar-refractivity contribution in [1.82, 2.24) is 4.98 Å². The number of hydrogen-bond donors (Lipinski definition) is 0. The molecule has 0 fully saturated rings. The summed E-state index contributed by atoms with van der Waals surface area (Å²) in [5, 5.41) is 19.7. The molecule has 0 radical (unpaired) electrons. The van der Waals surface area contributed by atoms with Crippen LogP contribution in [0.1, 0.15) is 37.0 Å². The number of pyridine rings is 1. The van der Waals surface area contributed by atoms with Crippen molar-refractivity contribution in [1.29, 1.82) is 10.5 Å². The van der Waals surface area contributed by atoms with Gasteiger partial charge in [0.15, 0.2) is 0 Å². The quantitative estimate of drug-likeness (QED) is 0.491. The van der Waals surface area contributed by atoms with E-state index in [1.807, 2.05) is 49.4 Å². The zero-order valence-electron chi connectivity index (χ0n) is 17.6. The third-order valence-electron chi connectivity index (χ3n) is 5.25. The van der Waals surface area contributed by atoms with Gasteiger partial charge in [-0.15, -0.1) is 0 Å². The van der Waals surface area contributed by atoms with E-state index in [2.05, 4.69) is 30.1 Å². The largest absolute Gasteiger partial charge is 0.493 e. The van der Waals surface area contributed by atoms with E-state index in [1.54, 1.807) is 7.11 Å². The molecular formula is C25H25N3O2. The molecule has 0 amide bonds. The molecule has 0 spiro atoms. The van der Waals surface area contributed by atoms with E-state index >= 15 is 0 Å². The first-order valence-electron chi connectivity index (χ1n) is 10.0. The van der Waals surface area contributed by atoms with Gasteiger partial charge in [-0.05, 0) is 55.2 Å². The molecule has 30 heavy (non-hydrogen) atoms. The lowest BCUT2D eigenvalue weighted by atomic mass is 9.78. The monoisotopic (exact) mass is 399 g/mol. The van der Waals surface area contributed by atoms with E-state index < -0.39 is 5.41 Å². The molecule has 0 saturated heterocycles. The van der Waals surface area contributed by atoms with Crippen molar-refractivity contribution in [2.24, 2.45) is 0 Å². The Hall–Kier alpha value is -3.57. The third kappa shape index (κ3) is 4.53.